The smallest absolute Gasteiger partial charge is 0.328 e. The molecular formula is C88H84FN19O9. The van der Waals surface area contributed by atoms with Gasteiger partial charge >= 0.3 is 24.1 Å². The van der Waals surface area contributed by atoms with Gasteiger partial charge in [-0.2, -0.15) is 39.1 Å². The number of aliphatic hydroxyl groups is 1. The van der Waals surface area contributed by atoms with Crippen LogP contribution in [-0.4, -0.2) is 220 Å². The van der Waals surface area contributed by atoms with Gasteiger partial charge in [0.05, 0.1) is 67.5 Å². The fraction of sp³-hybridized carbons (Fsp3) is 0.239. The molecule has 7 aromatic carbocycles. The number of halogens is 1. The molecule has 0 atom stereocenters. The maximum atomic E-state index is 14.2. The topological polar surface area (TPSA) is 280 Å². The maximum absolute atomic E-state index is 14.2. The van der Waals surface area contributed by atoms with Crippen molar-refractivity contribution in [1.82, 2.24) is 91.8 Å². The number of likely N-dealkylation sites (tertiary alicyclic amines) is 1. The number of rotatable bonds is 5. The first-order chi connectivity index (χ1) is 56.7. The molecule has 1 aromatic heterocycles. The Labute approximate surface area is 669 Å². The number of aliphatic hydroxyl groups excluding tert-OH is 1. The SMILES string of the molecule is CC(C)N1CCN(C(=O)n2cc3c(=O)n(-c4ccccn4)nc-3c3cc(F)ccc32)CC1.CN(C)C(=O)n1cc2c(=O)n(-c3ccccc3)nc-2c2ccccc21.Cc1ccc2c(c1)c1nn(-c3ccccc3)c(=O)c-1cn2C(=O)N1CCCN(C)CC1.O=C(N1CCC(O)CC1)n1cc2c(=O)n(-c3ccccc3)nc-2c2ccccc21. The van der Waals surface area contributed by atoms with E-state index in [2.05, 4.69) is 56.1 Å². The fourth-order valence-electron chi connectivity index (χ4n) is 15.3. The van der Waals surface area contributed by atoms with Gasteiger partial charge in [0, 0.05) is 132 Å². The Bertz CT molecular complexity index is 6510. The van der Waals surface area contributed by atoms with E-state index >= 15 is 0 Å². The van der Waals surface area contributed by atoms with Crippen LogP contribution in [0, 0.1) is 12.7 Å². The van der Waals surface area contributed by atoms with E-state index in [-0.39, 0.29) is 52.5 Å². The number of aromatic nitrogens is 13. The number of carbonyl (C=O) groups excluding carboxylic acids is 4. The highest BCUT2D eigenvalue weighted by atomic mass is 19.1. The van der Waals surface area contributed by atoms with E-state index in [1.165, 1.54) is 55.7 Å². The Kier molecular flexibility index (Phi) is 21.4. The van der Waals surface area contributed by atoms with Crippen molar-refractivity contribution >= 4 is 67.7 Å². The first-order valence-electron chi connectivity index (χ1n) is 38.8. The number of amides is 4. The van der Waals surface area contributed by atoms with Crippen LogP contribution in [0.2, 0.25) is 0 Å². The number of para-hydroxylation sites is 5. The molecule has 0 bridgehead atoms. The Balaban J connectivity index is 0.000000117. The van der Waals surface area contributed by atoms with Gasteiger partial charge in [0.2, 0.25) is 0 Å². The molecule has 11 aliphatic heterocycles. The molecule has 3 fully saturated rings. The molecule has 19 rings (SSSR count). The van der Waals surface area contributed by atoms with Crippen molar-refractivity contribution in [3.63, 3.8) is 0 Å². The van der Waals surface area contributed by atoms with E-state index in [0.29, 0.717) is 142 Å². The number of piperazine rings is 1. The third-order valence-corrected chi connectivity index (χ3v) is 21.6. The number of carbonyl (C=O) groups is 4. The van der Waals surface area contributed by atoms with E-state index in [1.54, 1.807) is 77.5 Å². The van der Waals surface area contributed by atoms with Crippen LogP contribution in [0.4, 0.5) is 23.6 Å². The van der Waals surface area contributed by atoms with Crippen LogP contribution in [0.15, 0.2) is 244 Å². The van der Waals surface area contributed by atoms with Gasteiger partial charge in [0.1, 0.15) is 28.6 Å². The highest BCUT2D eigenvalue weighted by molar-refractivity contribution is 6.03. The number of pyridine rings is 5. The third kappa shape index (κ3) is 15.0. The van der Waals surface area contributed by atoms with Gasteiger partial charge in [0.15, 0.2) is 5.82 Å². The summed E-state index contributed by atoms with van der Waals surface area (Å²) in [5, 5.41) is 30.6. The first kappa shape index (κ1) is 77.1. The van der Waals surface area contributed by atoms with Crippen molar-refractivity contribution in [3.8, 4) is 67.9 Å². The minimum absolute atomic E-state index is 0.0992. The van der Waals surface area contributed by atoms with Gasteiger partial charge in [-0.3, -0.25) is 42.3 Å². The molecule has 4 amide bonds. The Morgan fingerprint density at radius 2 is 0.821 bits per heavy atom. The summed E-state index contributed by atoms with van der Waals surface area (Å²) in [6, 6.07) is 57.7. The van der Waals surface area contributed by atoms with E-state index in [9.17, 15) is 47.9 Å². The minimum atomic E-state index is -0.464. The molecule has 0 aliphatic carbocycles. The molecule has 1 N–H and O–H groups in total. The summed E-state index contributed by atoms with van der Waals surface area (Å²) in [4.78, 5) is 121. The summed E-state index contributed by atoms with van der Waals surface area (Å²) in [5.74, 6) is -0.102. The number of piperidine rings is 1. The second-order valence-electron chi connectivity index (χ2n) is 29.8. The van der Waals surface area contributed by atoms with Crippen LogP contribution in [0.1, 0.15) is 38.7 Å². The summed E-state index contributed by atoms with van der Waals surface area (Å²) >= 11 is 0. The number of nitrogens with zero attached hydrogens (tertiary/aromatic N) is 19. The Morgan fingerprint density at radius 3 is 1.30 bits per heavy atom. The molecule has 117 heavy (non-hydrogen) atoms. The summed E-state index contributed by atoms with van der Waals surface area (Å²) in [6.07, 6.45) is 9.62. The third-order valence-electron chi connectivity index (χ3n) is 21.6. The molecule has 28 nitrogen and oxygen atoms in total. The highest BCUT2D eigenvalue weighted by Gasteiger charge is 2.32. The lowest BCUT2D eigenvalue weighted by Crippen LogP contribution is -2.51. The average Bonchev–Trinajstić information content (AvgIpc) is 1.64. The summed E-state index contributed by atoms with van der Waals surface area (Å²) < 4.78 is 25.6. The number of hydrogen-bond acceptors (Lipinski definition) is 16. The second-order valence-corrected chi connectivity index (χ2v) is 29.8. The molecule has 12 heterocycles. The summed E-state index contributed by atoms with van der Waals surface area (Å²) in [6.45, 7) is 13.2. The largest absolute Gasteiger partial charge is 0.393 e. The molecule has 0 radical (unpaired) electrons. The van der Waals surface area contributed by atoms with Gasteiger partial charge in [0.25, 0.3) is 22.2 Å². The van der Waals surface area contributed by atoms with Gasteiger partial charge in [-0.15, -0.1) is 0 Å². The lowest BCUT2D eigenvalue weighted by atomic mass is 10.1. The van der Waals surface area contributed by atoms with Crippen LogP contribution in [0.25, 0.3) is 112 Å². The van der Waals surface area contributed by atoms with Crippen LogP contribution < -0.4 is 22.2 Å². The van der Waals surface area contributed by atoms with Crippen molar-refractivity contribution in [2.75, 3.05) is 86.6 Å². The first-order valence-corrected chi connectivity index (χ1v) is 38.8. The van der Waals surface area contributed by atoms with Crippen molar-refractivity contribution in [3.05, 3.63) is 278 Å². The summed E-state index contributed by atoms with van der Waals surface area (Å²) in [7, 11) is 5.44. The van der Waals surface area contributed by atoms with Gasteiger partial charge in [-0.1, -0.05) is 109 Å². The number of likely N-dealkylation sites (N-methyl/N-ethyl adjacent to an activating group) is 1. The maximum Gasteiger partial charge on any atom is 0.328 e. The Hall–Kier alpha value is -13.9. The van der Waals surface area contributed by atoms with Crippen LogP contribution in [-0.2, 0) is 0 Å². The normalized spacial score (nSPS) is 14.4. The number of fused-ring (bicyclic) bond motifs is 12. The molecule has 3 saturated heterocycles. The van der Waals surface area contributed by atoms with E-state index in [1.807, 2.05) is 170 Å². The molecule has 0 saturated carbocycles. The fourth-order valence-corrected chi connectivity index (χ4v) is 15.3. The molecular weight excluding hydrogens is 1490 g/mol. The van der Waals surface area contributed by atoms with Gasteiger partial charge in [-0.05, 0) is 145 Å². The molecule has 29 heteroatoms. The van der Waals surface area contributed by atoms with Crippen LogP contribution in [0.5, 0.6) is 0 Å². The number of hydrogen-bond donors (Lipinski definition) is 1. The second kappa shape index (κ2) is 32.5. The molecule has 0 spiro atoms. The van der Waals surface area contributed by atoms with Crippen LogP contribution in [0.3, 0.4) is 0 Å². The lowest BCUT2D eigenvalue weighted by molar-refractivity contribution is 0.0943. The van der Waals surface area contributed by atoms with Crippen molar-refractivity contribution in [1.29, 1.82) is 0 Å². The average molecular weight is 1570 g/mol. The Morgan fingerprint density at radius 1 is 0.427 bits per heavy atom. The standard InChI is InChI=1S/C24H25N5O2.C23H23FN6O2.C22H20N4O3.C19H16N4O2/c1-17-9-10-21-19(15-17)22-20(23(30)29(25-22)18-7-4-3-5-8-18)16-28(21)24(31)27-12-6-11-26(2)13-14-27;1-15(2)27-9-11-28(12-10-27)23(32)29-14-18-21(17-13-16(24)6-7-19(17)29)26-30(22(18)31)20-5-3-4-8-25-20;27-16-10-12-24(13-11-16)22(29)25-14-18-20(17-8-4-5-9-19(17)25)23-26(21(18)28)15-6-2-1-3-7-15;1-21(2)19(25)22-12-15-17(14-10-6-7-11-16(14)22)20-23(18(15)24)13-8-4-3-5-9-13/h3-5,7-10,15-16H,6,11-14H2,1-2H3;3-8,13-15H,9-12H2,1-2H3;1-9,14,16,27H,10-13H2;3-12H,1-2H3. The monoisotopic (exact) mass is 1570 g/mol. The van der Waals surface area contributed by atoms with Gasteiger partial charge < -0.3 is 29.6 Å². The summed E-state index contributed by atoms with van der Waals surface area (Å²) in [5.41, 5.74) is 8.31. The lowest BCUT2D eigenvalue weighted by Gasteiger charge is -2.37. The molecule has 0 unspecified atom stereocenters. The zero-order valence-electron chi connectivity index (χ0n) is 65.3. The quantitative estimate of drug-likeness (QED) is 0.168. The van der Waals surface area contributed by atoms with Gasteiger partial charge in [-0.25, -0.2) is 28.6 Å². The van der Waals surface area contributed by atoms with Crippen LogP contribution >= 0.6 is 0 Å². The number of aryl methyl sites for hydroxylation is 1. The van der Waals surface area contributed by atoms with Crippen molar-refractivity contribution < 1.29 is 28.7 Å². The highest BCUT2D eigenvalue weighted by Crippen LogP contribution is 2.34. The minimum Gasteiger partial charge on any atom is -0.393 e. The zero-order valence-corrected chi connectivity index (χ0v) is 65.3. The van der Waals surface area contributed by atoms with E-state index < -0.39 is 11.4 Å². The van der Waals surface area contributed by atoms with E-state index in [0.717, 1.165) is 59.8 Å². The number of benzene rings is 7. The molecule has 11 aliphatic rings. The predicted octanol–water partition coefficient (Wildman–Crippen LogP) is 11.6. The van der Waals surface area contributed by atoms with E-state index in [4.69, 9.17) is 0 Å². The van der Waals surface area contributed by atoms with Crippen molar-refractivity contribution in [2.45, 2.75) is 52.2 Å². The predicted molar refractivity (Wildman–Crippen MR) is 446 cm³/mol. The zero-order chi connectivity index (χ0) is 81.4. The van der Waals surface area contributed by atoms with Crippen molar-refractivity contribution in [2.24, 2.45) is 0 Å². The molecule has 8 aromatic rings. The molecule has 592 valence electrons.